The van der Waals surface area contributed by atoms with Gasteiger partial charge in [0.25, 0.3) is 5.91 Å². The van der Waals surface area contributed by atoms with Gasteiger partial charge in [0.2, 0.25) is 0 Å². The molecule has 0 spiro atoms. The summed E-state index contributed by atoms with van der Waals surface area (Å²) in [6, 6.07) is -0.356. The second-order valence-corrected chi connectivity index (χ2v) is 5.60. The average Bonchev–Trinajstić information content (AvgIpc) is 2.87. The highest BCUT2D eigenvalue weighted by atomic mass is 32.1. The van der Waals surface area contributed by atoms with E-state index in [1.54, 1.807) is 12.3 Å². The molecule has 98 valence electrons. The van der Waals surface area contributed by atoms with Gasteiger partial charge in [0.1, 0.15) is 5.69 Å². The summed E-state index contributed by atoms with van der Waals surface area (Å²) >= 11 is 1.19. The number of carboxylic acid groups (broad SMARTS) is 1. The molecule has 1 aliphatic carbocycles. The predicted molar refractivity (Wildman–Crippen MR) is 67.4 cm³/mol. The number of aromatic nitrogens is 1. The third kappa shape index (κ3) is 2.17. The van der Waals surface area contributed by atoms with E-state index in [2.05, 4.69) is 10.3 Å². The van der Waals surface area contributed by atoms with E-state index in [4.69, 9.17) is 5.73 Å². The van der Waals surface area contributed by atoms with E-state index < -0.39 is 11.4 Å². The summed E-state index contributed by atoms with van der Waals surface area (Å²) in [7, 11) is 0. The lowest BCUT2D eigenvalue weighted by Gasteiger charge is -2.27. The molecule has 0 bridgehead atoms. The minimum Gasteiger partial charge on any atom is -0.481 e. The van der Waals surface area contributed by atoms with Crippen molar-refractivity contribution in [3.63, 3.8) is 0 Å². The van der Waals surface area contributed by atoms with Gasteiger partial charge in [0, 0.05) is 11.4 Å². The van der Waals surface area contributed by atoms with Gasteiger partial charge in [-0.25, -0.2) is 4.98 Å². The number of amides is 1. The van der Waals surface area contributed by atoms with Crippen LogP contribution >= 0.6 is 11.3 Å². The molecule has 0 aromatic carbocycles. The summed E-state index contributed by atoms with van der Waals surface area (Å²) in [4.78, 5) is 27.1. The van der Waals surface area contributed by atoms with Crippen molar-refractivity contribution in [3.8, 4) is 0 Å². The highest BCUT2D eigenvalue weighted by Gasteiger charge is 2.46. The van der Waals surface area contributed by atoms with Crippen LogP contribution in [0.15, 0.2) is 5.38 Å². The molecule has 1 aliphatic rings. The second kappa shape index (κ2) is 4.56. The lowest BCUT2D eigenvalue weighted by Crippen LogP contribution is -2.47. The maximum Gasteiger partial charge on any atom is 0.311 e. The summed E-state index contributed by atoms with van der Waals surface area (Å²) in [6.07, 6.45) is 2.05. The number of rotatable bonds is 3. The summed E-state index contributed by atoms with van der Waals surface area (Å²) < 4.78 is 0. The van der Waals surface area contributed by atoms with Crippen molar-refractivity contribution >= 4 is 28.3 Å². The van der Waals surface area contributed by atoms with Crippen LogP contribution in [0, 0.1) is 5.41 Å². The van der Waals surface area contributed by atoms with Gasteiger partial charge >= 0.3 is 5.97 Å². The lowest BCUT2D eigenvalue weighted by atomic mass is 9.85. The molecule has 1 aromatic rings. The Kier molecular flexibility index (Phi) is 3.25. The number of nitrogen functional groups attached to an aromatic ring is 1. The Morgan fingerprint density at radius 2 is 2.39 bits per heavy atom. The van der Waals surface area contributed by atoms with E-state index in [0.29, 0.717) is 18.0 Å². The number of carboxylic acids is 1. The van der Waals surface area contributed by atoms with Crippen LogP contribution in [0.5, 0.6) is 0 Å². The van der Waals surface area contributed by atoms with Crippen molar-refractivity contribution in [2.24, 2.45) is 5.41 Å². The second-order valence-electron chi connectivity index (χ2n) is 4.71. The number of hydrogen-bond acceptors (Lipinski definition) is 5. The lowest BCUT2D eigenvalue weighted by molar-refractivity contribution is -0.148. The molecule has 1 amide bonds. The fourth-order valence-corrected chi connectivity index (χ4v) is 2.82. The molecule has 4 N–H and O–H groups in total. The SMILES string of the molecule is CC1(C(=O)O)CCCC1NC(=O)c1csc(N)n1. The molecule has 0 aliphatic heterocycles. The fraction of sp³-hybridized carbons (Fsp3) is 0.545. The first-order valence-electron chi connectivity index (χ1n) is 5.69. The van der Waals surface area contributed by atoms with Gasteiger partial charge in [0.05, 0.1) is 5.41 Å². The molecule has 18 heavy (non-hydrogen) atoms. The molecule has 2 rings (SSSR count). The molecule has 1 saturated carbocycles. The molecular weight excluding hydrogens is 254 g/mol. The van der Waals surface area contributed by atoms with Gasteiger partial charge in [-0.2, -0.15) is 0 Å². The molecule has 0 radical (unpaired) electrons. The van der Waals surface area contributed by atoms with Crippen molar-refractivity contribution in [2.45, 2.75) is 32.2 Å². The first-order chi connectivity index (χ1) is 8.43. The molecular formula is C11H15N3O3S. The third-order valence-corrected chi connectivity index (χ3v) is 4.18. The van der Waals surface area contributed by atoms with Crippen LogP contribution in [0.25, 0.3) is 0 Å². The predicted octanol–water partition coefficient (Wildman–Crippen LogP) is 1.10. The molecule has 1 aromatic heterocycles. The van der Waals surface area contributed by atoms with Crippen molar-refractivity contribution in [3.05, 3.63) is 11.1 Å². The minimum absolute atomic E-state index is 0.247. The topological polar surface area (TPSA) is 105 Å². The van der Waals surface area contributed by atoms with E-state index in [9.17, 15) is 14.7 Å². The van der Waals surface area contributed by atoms with E-state index >= 15 is 0 Å². The first kappa shape index (κ1) is 12.8. The van der Waals surface area contributed by atoms with Gasteiger partial charge in [-0.05, 0) is 19.8 Å². The first-order valence-corrected chi connectivity index (χ1v) is 6.57. The number of carbonyl (C=O) groups excluding carboxylic acids is 1. The zero-order valence-electron chi connectivity index (χ0n) is 9.97. The average molecular weight is 269 g/mol. The van der Waals surface area contributed by atoms with E-state index in [1.165, 1.54) is 11.3 Å². The smallest absolute Gasteiger partial charge is 0.311 e. The summed E-state index contributed by atoms with van der Waals surface area (Å²) in [5.41, 5.74) is 4.82. The Balaban J connectivity index is 2.10. The van der Waals surface area contributed by atoms with Crippen LogP contribution < -0.4 is 11.1 Å². The molecule has 2 unspecified atom stereocenters. The highest BCUT2D eigenvalue weighted by molar-refractivity contribution is 7.13. The van der Waals surface area contributed by atoms with Gasteiger partial charge in [0.15, 0.2) is 5.13 Å². The zero-order chi connectivity index (χ0) is 13.3. The van der Waals surface area contributed by atoms with Crippen LogP contribution in [0.2, 0.25) is 0 Å². The monoisotopic (exact) mass is 269 g/mol. The maximum absolute atomic E-state index is 11.9. The van der Waals surface area contributed by atoms with Crippen molar-refractivity contribution in [1.82, 2.24) is 10.3 Å². The summed E-state index contributed by atoms with van der Waals surface area (Å²) in [5, 5.41) is 13.9. The number of nitrogens with two attached hydrogens (primary N) is 1. The van der Waals surface area contributed by atoms with E-state index in [-0.39, 0.29) is 17.6 Å². The summed E-state index contributed by atoms with van der Waals surface area (Å²) in [6.45, 7) is 1.67. The Hall–Kier alpha value is -1.63. The van der Waals surface area contributed by atoms with Gasteiger partial charge in [-0.3, -0.25) is 9.59 Å². The number of nitrogens with one attached hydrogen (secondary N) is 1. The van der Waals surface area contributed by atoms with Gasteiger partial charge < -0.3 is 16.2 Å². The quantitative estimate of drug-likeness (QED) is 0.762. The van der Waals surface area contributed by atoms with Crippen molar-refractivity contribution in [2.75, 3.05) is 5.73 Å². The third-order valence-electron chi connectivity index (χ3n) is 3.51. The van der Waals surface area contributed by atoms with Gasteiger partial charge in [-0.1, -0.05) is 6.42 Å². The van der Waals surface area contributed by atoms with Crippen molar-refractivity contribution < 1.29 is 14.7 Å². The van der Waals surface area contributed by atoms with Crippen LogP contribution in [0.1, 0.15) is 36.7 Å². The molecule has 6 nitrogen and oxygen atoms in total. The molecule has 2 atom stereocenters. The summed E-state index contributed by atoms with van der Waals surface area (Å²) in [5.74, 6) is -1.23. The fourth-order valence-electron chi connectivity index (χ4n) is 2.28. The van der Waals surface area contributed by atoms with E-state index in [0.717, 1.165) is 6.42 Å². The molecule has 1 heterocycles. The van der Waals surface area contributed by atoms with E-state index in [1.807, 2.05) is 0 Å². The minimum atomic E-state index is -0.892. The Morgan fingerprint density at radius 3 is 2.94 bits per heavy atom. The normalized spacial score (nSPS) is 27.1. The highest BCUT2D eigenvalue weighted by Crippen LogP contribution is 2.38. The Labute approximate surface area is 108 Å². The molecule has 1 fully saturated rings. The number of carbonyl (C=O) groups is 2. The molecule has 7 heteroatoms. The largest absolute Gasteiger partial charge is 0.481 e. The number of thiazole rings is 1. The number of aliphatic carboxylic acids is 1. The van der Waals surface area contributed by atoms with Crippen LogP contribution in [0.3, 0.4) is 0 Å². The maximum atomic E-state index is 11.9. The number of hydrogen-bond donors (Lipinski definition) is 3. The molecule has 0 saturated heterocycles. The Bertz CT molecular complexity index is 488. The zero-order valence-corrected chi connectivity index (χ0v) is 10.8. The number of nitrogens with zero attached hydrogens (tertiary/aromatic N) is 1. The van der Waals surface area contributed by atoms with Crippen LogP contribution in [0.4, 0.5) is 5.13 Å². The van der Waals surface area contributed by atoms with Gasteiger partial charge in [-0.15, -0.1) is 11.3 Å². The van der Waals surface area contributed by atoms with Crippen LogP contribution in [-0.2, 0) is 4.79 Å². The number of anilines is 1. The standard InChI is InChI=1S/C11H15N3O3S/c1-11(9(16)17)4-2-3-7(11)14-8(15)6-5-18-10(12)13-6/h5,7H,2-4H2,1H3,(H2,12,13)(H,14,15)(H,16,17). The Morgan fingerprint density at radius 1 is 1.67 bits per heavy atom. The van der Waals surface area contributed by atoms with Crippen LogP contribution in [-0.4, -0.2) is 28.0 Å². The van der Waals surface area contributed by atoms with Crippen molar-refractivity contribution in [1.29, 1.82) is 0 Å².